The van der Waals surface area contributed by atoms with Crippen LogP contribution in [0.2, 0.25) is 0 Å². The Morgan fingerprint density at radius 3 is 2.31 bits per heavy atom. The highest BCUT2D eigenvalue weighted by Gasteiger charge is 2.39. The highest BCUT2D eigenvalue weighted by molar-refractivity contribution is 8.01. The van der Waals surface area contributed by atoms with Crippen molar-refractivity contribution in [2.45, 2.75) is 76.3 Å². The Kier molecular flexibility index (Phi) is 8.67. The van der Waals surface area contributed by atoms with Crippen molar-refractivity contribution >= 4 is 17.7 Å². The Labute approximate surface area is 237 Å². The first kappa shape index (κ1) is 29.4. The maximum atomic E-state index is 13.2. The molecule has 2 atom stereocenters. The molecule has 2 unspecified atom stereocenters. The smallest absolute Gasteiger partial charge is 0.236 e. The van der Waals surface area contributed by atoms with Crippen molar-refractivity contribution in [3.8, 4) is 23.0 Å². The summed E-state index contributed by atoms with van der Waals surface area (Å²) in [6.07, 6.45) is 0.867. The molecule has 1 saturated heterocycles. The van der Waals surface area contributed by atoms with Crippen LogP contribution in [0.25, 0.3) is 0 Å². The van der Waals surface area contributed by atoms with E-state index in [1.54, 1.807) is 11.8 Å². The molecule has 1 amide bonds. The van der Waals surface area contributed by atoms with Crippen molar-refractivity contribution in [3.05, 3.63) is 47.0 Å². The quantitative estimate of drug-likeness (QED) is 0.401. The summed E-state index contributed by atoms with van der Waals surface area (Å²) < 4.78 is 16.7. The summed E-state index contributed by atoms with van der Waals surface area (Å²) in [4.78, 5) is 17.5. The number of benzene rings is 2. The third-order valence-corrected chi connectivity index (χ3v) is 8.70. The molecule has 4 rings (SSSR count). The lowest BCUT2D eigenvalue weighted by atomic mass is 9.78. The summed E-state index contributed by atoms with van der Waals surface area (Å²) in [6, 6.07) is 9.85. The Balaban J connectivity index is 1.38. The number of carbonyl (C=O) groups excluding carboxylic acids is 1. The average Bonchev–Trinajstić information content (AvgIpc) is 3.42. The van der Waals surface area contributed by atoms with Crippen molar-refractivity contribution in [3.63, 3.8) is 0 Å². The lowest BCUT2D eigenvalue weighted by Crippen LogP contribution is -2.34. The minimum Gasteiger partial charge on any atom is -0.507 e. The van der Waals surface area contributed by atoms with Crippen molar-refractivity contribution in [2.24, 2.45) is 0 Å². The molecule has 2 aliphatic rings. The number of phenols is 1. The summed E-state index contributed by atoms with van der Waals surface area (Å²) in [7, 11) is 2.08. The molecule has 0 radical (unpaired) electrons. The molecule has 1 N–H and O–H groups in total. The van der Waals surface area contributed by atoms with E-state index in [0.29, 0.717) is 18.9 Å². The zero-order valence-electron chi connectivity index (χ0n) is 24.7. The third kappa shape index (κ3) is 6.77. The number of nitrogens with zero attached hydrogens (tertiary/aromatic N) is 2. The van der Waals surface area contributed by atoms with Crippen LogP contribution in [0, 0.1) is 0 Å². The lowest BCUT2D eigenvalue weighted by molar-refractivity contribution is -0.129. The van der Waals surface area contributed by atoms with E-state index < -0.39 is 0 Å². The maximum absolute atomic E-state index is 13.2. The minimum atomic E-state index is -0.213. The fourth-order valence-electron chi connectivity index (χ4n) is 5.01. The number of rotatable bonds is 9. The van der Waals surface area contributed by atoms with E-state index in [4.69, 9.17) is 14.2 Å². The van der Waals surface area contributed by atoms with E-state index in [2.05, 4.69) is 65.6 Å². The second-order valence-corrected chi connectivity index (χ2v) is 14.1. The van der Waals surface area contributed by atoms with Gasteiger partial charge in [-0.05, 0) is 78.7 Å². The molecule has 7 nitrogen and oxygen atoms in total. The van der Waals surface area contributed by atoms with Crippen LogP contribution in [0.4, 0.5) is 0 Å². The van der Waals surface area contributed by atoms with Gasteiger partial charge in [0.25, 0.3) is 0 Å². The third-order valence-electron chi connectivity index (χ3n) is 7.30. The van der Waals surface area contributed by atoms with Crippen LogP contribution in [0.1, 0.15) is 77.0 Å². The molecular weight excluding hydrogens is 512 g/mol. The maximum Gasteiger partial charge on any atom is 0.236 e. The molecule has 2 aromatic rings. The summed E-state index contributed by atoms with van der Waals surface area (Å²) in [6.45, 7) is 17.9. The van der Waals surface area contributed by atoms with Gasteiger partial charge in [0, 0.05) is 19.2 Å². The van der Waals surface area contributed by atoms with E-state index >= 15 is 0 Å². The molecule has 0 bridgehead atoms. The normalized spacial score (nSPS) is 19.3. The molecule has 214 valence electrons. The van der Waals surface area contributed by atoms with Gasteiger partial charge >= 0.3 is 0 Å². The number of hydrogen-bond acceptors (Lipinski definition) is 7. The van der Waals surface area contributed by atoms with Crippen LogP contribution in [-0.4, -0.2) is 66.1 Å². The number of hydrogen-bond donors (Lipinski definition) is 1. The number of phenolic OH excluding ortho intramolecular Hbond substituents is 1. The molecule has 2 heterocycles. The molecule has 0 aromatic heterocycles. The van der Waals surface area contributed by atoms with Crippen LogP contribution in [-0.2, 0) is 15.6 Å². The zero-order chi connectivity index (χ0) is 28.5. The number of likely N-dealkylation sites (N-methyl/N-ethyl adjacent to an activating group) is 1. The summed E-state index contributed by atoms with van der Waals surface area (Å²) in [5.74, 6) is 2.79. The molecule has 0 spiro atoms. The van der Waals surface area contributed by atoms with Crippen molar-refractivity contribution in [1.29, 1.82) is 0 Å². The number of carbonyl (C=O) groups is 1. The van der Waals surface area contributed by atoms with Gasteiger partial charge < -0.3 is 29.1 Å². The molecule has 2 aromatic carbocycles. The molecule has 2 aliphatic heterocycles. The number of amides is 1. The fraction of sp³-hybridized carbons (Fsp3) is 0.581. The highest BCUT2D eigenvalue weighted by atomic mass is 32.2. The van der Waals surface area contributed by atoms with Gasteiger partial charge in [-0.2, -0.15) is 0 Å². The van der Waals surface area contributed by atoms with Gasteiger partial charge in [0.15, 0.2) is 11.5 Å². The van der Waals surface area contributed by atoms with E-state index in [9.17, 15) is 9.90 Å². The Morgan fingerprint density at radius 1 is 1.03 bits per heavy atom. The van der Waals surface area contributed by atoms with Gasteiger partial charge in [-0.25, -0.2) is 0 Å². The molecule has 8 heteroatoms. The Bertz CT molecular complexity index is 1150. The van der Waals surface area contributed by atoms with E-state index in [1.807, 2.05) is 30.0 Å². The van der Waals surface area contributed by atoms with Crippen molar-refractivity contribution < 1.29 is 24.1 Å². The first-order valence-corrected chi connectivity index (χ1v) is 14.7. The Morgan fingerprint density at radius 2 is 1.67 bits per heavy atom. The summed E-state index contributed by atoms with van der Waals surface area (Å²) >= 11 is 1.70. The van der Waals surface area contributed by atoms with Gasteiger partial charge in [0.1, 0.15) is 23.5 Å². The van der Waals surface area contributed by atoms with Gasteiger partial charge in [0.05, 0.1) is 5.25 Å². The van der Waals surface area contributed by atoms with Gasteiger partial charge in [-0.15, -0.1) is 11.8 Å². The Hall–Kier alpha value is -2.58. The zero-order valence-corrected chi connectivity index (χ0v) is 25.5. The number of aromatic hydroxyl groups is 1. The number of ether oxygens (including phenoxy) is 3. The van der Waals surface area contributed by atoms with Crippen molar-refractivity contribution in [2.75, 3.05) is 40.1 Å². The highest BCUT2D eigenvalue weighted by Crippen LogP contribution is 2.47. The first-order valence-electron chi connectivity index (χ1n) is 13.8. The average molecular weight is 557 g/mol. The van der Waals surface area contributed by atoms with Crippen LogP contribution >= 0.6 is 11.8 Å². The second kappa shape index (κ2) is 11.5. The van der Waals surface area contributed by atoms with E-state index in [1.165, 1.54) is 0 Å². The van der Waals surface area contributed by atoms with Gasteiger partial charge in [-0.3, -0.25) is 4.79 Å². The second-order valence-electron chi connectivity index (χ2n) is 12.6. The predicted molar refractivity (Wildman–Crippen MR) is 157 cm³/mol. The summed E-state index contributed by atoms with van der Waals surface area (Å²) in [5.41, 5.74) is 2.53. The molecule has 1 fully saturated rings. The first-order chi connectivity index (χ1) is 18.3. The van der Waals surface area contributed by atoms with Crippen LogP contribution < -0.4 is 14.2 Å². The fourth-order valence-corrected chi connectivity index (χ4v) is 6.30. The molecular formula is C31H44N2O5S. The topological polar surface area (TPSA) is 71.5 Å². The molecule has 0 saturated carbocycles. The molecule has 39 heavy (non-hydrogen) atoms. The number of fused-ring (bicyclic) bond motifs is 1. The number of thioether (sulfide) groups is 1. The SMILES string of the molecule is CC1SC(c2cc(C(C)(C)C)c(O)c(C(C)(C)C)c2)N(CCCN(C)CCOc2ccc3c(c2)OCO3)C1=O. The monoisotopic (exact) mass is 556 g/mol. The van der Waals surface area contributed by atoms with E-state index in [-0.39, 0.29) is 34.2 Å². The van der Waals surface area contributed by atoms with Gasteiger partial charge in [0.2, 0.25) is 12.7 Å². The largest absolute Gasteiger partial charge is 0.507 e. The van der Waals surface area contributed by atoms with Crippen molar-refractivity contribution in [1.82, 2.24) is 9.80 Å². The summed E-state index contributed by atoms with van der Waals surface area (Å²) in [5, 5.41) is 11.0. The standard InChI is InChI=1S/C31H44N2O5S/c1-20-28(35)33(13-9-12-32(8)14-15-36-22-10-11-25-26(18-22)38-19-37-25)29(39-20)21-16-23(30(2,3)4)27(34)24(17-21)31(5,6)7/h10-11,16-18,20,29,34H,9,12-15,19H2,1-8H3. The molecule has 0 aliphatic carbocycles. The lowest BCUT2D eigenvalue weighted by Gasteiger charge is -2.31. The van der Waals surface area contributed by atoms with Crippen LogP contribution in [0.15, 0.2) is 30.3 Å². The predicted octanol–water partition coefficient (Wildman–Crippen LogP) is 6.08. The van der Waals surface area contributed by atoms with E-state index in [0.717, 1.165) is 53.4 Å². The van der Waals surface area contributed by atoms with Gasteiger partial charge in [-0.1, -0.05) is 41.5 Å². The van der Waals surface area contributed by atoms with Crippen LogP contribution in [0.5, 0.6) is 23.0 Å². The minimum absolute atomic E-state index is 0.0602. The van der Waals surface area contributed by atoms with Crippen LogP contribution in [0.3, 0.4) is 0 Å².